The number of carbonyl (C=O) groups excluding carboxylic acids is 1. The molecule has 1 fully saturated rings. The zero-order valence-electron chi connectivity index (χ0n) is 14.5. The fraction of sp³-hybridized carbons (Fsp3) is 0.300. The van der Waals surface area contributed by atoms with Crippen molar-refractivity contribution in [3.05, 3.63) is 59.1 Å². The Morgan fingerprint density at radius 1 is 1.31 bits per heavy atom. The highest BCUT2D eigenvalue weighted by atomic mass is 35.5. The van der Waals surface area contributed by atoms with Crippen LogP contribution in [0.25, 0.3) is 11.0 Å². The normalized spacial score (nSPS) is 15.2. The second-order valence-electron chi connectivity index (χ2n) is 6.64. The monoisotopic (exact) mass is 385 g/mol. The molecule has 0 aliphatic heterocycles. The zero-order chi connectivity index (χ0) is 18.1. The van der Waals surface area contributed by atoms with E-state index in [1.807, 2.05) is 43.3 Å². The molecule has 0 unspecified atom stereocenters. The maximum absolute atomic E-state index is 12.3. The summed E-state index contributed by atoms with van der Waals surface area (Å²) in [5.41, 5.74) is 3.07. The molecule has 2 aromatic carbocycles. The molecule has 3 aromatic rings. The van der Waals surface area contributed by atoms with Crippen LogP contribution >= 0.6 is 23.4 Å². The molecule has 1 amide bonds. The van der Waals surface area contributed by atoms with Gasteiger partial charge in [0.05, 0.1) is 22.8 Å². The standard InChI is InChI=1S/C20H20ClN3OS/c1-13(19(25)22-16-8-9-16)26-20-23-17-11-15(21)7-10-18(17)24(20)12-14-5-3-2-4-6-14/h2-7,10-11,13,16H,8-9,12H2,1H3,(H,22,25)/t13-/m1/s1. The fourth-order valence-electron chi connectivity index (χ4n) is 2.85. The summed E-state index contributed by atoms with van der Waals surface area (Å²) in [4.78, 5) is 17.1. The largest absolute Gasteiger partial charge is 0.352 e. The number of imidazole rings is 1. The van der Waals surface area contributed by atoms with E-state index in [9.17, 15) is 4.79 Å². The van der Waals surface area contributed by atoms with E-state index in [0.29, 0.717) is 17.6 Å². The third kappa shape index (κ3) is 3.89. The van der Waals surface area contributed by atoms with Crippen LogP contribution in [0.3, 0.4) is 0 Å². The van der Waals surface area contributed by atoms with Crippen molar-refractivity contribution < 1.29 is 4.79 Å². The van der Waals surface area contributed by atoms with Gasteiger partial charge in [0.25, 0.3) is 0 Å². The molecule has 0 bridgehead atoms. The summed E-state index contributed by atoms with van der Waals surface area (Å²) in [6.07, 6.45) is 2.18. The van der Waals surface area contributed by atoms with Crippen LogP contribution in [0.4, 0.5) is 0 Å². The van der Waals surface area contributed by atoms with Gasteiger partial charge < -0.3 is 9.88 Å². The number of nitrogens with zero attached hydrogens (tertiary/aromatic N) is 2. The Bertz CT molecular complexity index is 937. The van der Waals surface area contributed by atoms with E-state index in [2.05, 4.69) is 22.0 Å². The van der Waals surface area contributed by atoms with E-state index in [-0.39, 0.29) is 11.2 Å². The van der Waals surface area contributed by atoms with Crippen molar-refractivity contribution >= 4 is 40.3 Å². The number of aromatic nitrogens is 2. The minimum atomic E-state index is -0.197. The highest BCUT2D eigenvalue weighted by Crippen LogP contribution is 2.30. The van der Waals surface area contributed by atoms with Crippen LogP contribution in [-0.4, -0.2) is 26.8 Å². The number of amides is 1. The SMILES string of the molecule is C[C@@H](Sc1nc2cc(Cl)ccc2n1Cc1ccccc1)C(=O)NC1CC1. The molecular formula is C20H20ClN3OS. The summed E-state index contributed by atoms with van der Waals surface area (Å²) in [7, 11) is 0. The van der Waals surface area contributed by atoms with Crippen LogP contribution in [0.1, 0.15) is 25.3 Å². The highest BCUT2D eigenvalue weighted by molar-refractivity contribution is 8.00. The van der Waals surface area contributed by atoms with Crippen molar-refractivity contribution in [1.82, 2.24) is 14.9 Å². The summed E-state index contributed by atoms with van der Waals surface area (Å²) >= 11 is 7.64. The molecular weight excluding hydrogens is 366 g/mol. The van der Waals surface area contributed by atoms with Crippen molar-refractivity contribution in [2.24, 2.45) is 0 Å². The van der Waals surface area contributed by atoms with Gasteiger partial charge in [0, 0.05) is 11.1 Å². The van der Waals surface area contributed by atoms with Crippen LogP contribution in [0.2, 0.25) is 5.02 Å². The lowest BCUT2D eigenvalue weighted by Gasteiger charge is -2.13. The second-order valence-corrected chi connectivity index (χ2v) is 8.39. The number of nitrogens with one attached hydrogen (secondary N) is 1. The minimum absolute atomic E-state index is 0.0776. The first-order valence-corrected chi connectivity index (χ1v) is 10.0. The molecule has 4 rings (SSSR count). The average molecular weight is 386 g/mol. The zero-order valence-corrected chi connectivity index (χ0v) is 16.1. The number of halogens is 1. The van der Waals surface area contributed by atoms with E-state index in [1.165, 1.54) is 17.3 Å². The molecule has 134 valence electrons. The summed E-state index contributed by atoms with van der Waals surface area (Å²) in [5, 5.41) is 4.37. The van der Waals surface area contributed by atoms with E-state index in [4.69, 9.17) is 16.6 Å². The molecule has 4 nitrogen and oxygen atoms in total. The van der Waals surface area contributed by atoms with Gasteiger partial charge in [0.15, 0.2) is 5.16 Å². The second kappa shape index (κ2) is 7.33. The minimum Gasteiger partial charge on any atom is -0.352 e. The highest BCUT2D eigenvalue weighted by Gasteiger charge is 2.27. The van der Waals surface area contributed by atoms with Crippen LogP contribution in [0.5, 0.6) is 0 Å². The first-order chi connectivity index (χ1) is 12.6. The molecule has 1 heterocycles. The Morgan fingerprint density at radius 3 is 2.81 bits per heavy atom. The Kier molecular flexibility index (Phi) is 4.92. The lowest BCUT2D eigenvalue weighted by atomic mass is 10.2. The predicted octanol–water partition coefficient (Wildman–Crippen LogP) is 4.50. The number of fused-ring (bicyclic) bond motifs is 1. The molecule has 0 saturated heterocycles. The molecule has 1 saturated carbocycles. The van der Waals surface area contributed by atoms with Crippen molar-refractivity contribution in [2.75, 3.05) is 0 Å². The summed E-state index contributed by atoms with van der Waals surface area (Å²) in [5.74, 6) is 0.0776. The molecule has 1 atom stereocenters. The third-order valence-electron chi connectivity index (χ3n) is 4.43. The molecule has 26 heavy (non-hydrogen) atoms. The Balaban J connectivity index is 1.65. The maximum atomic E-state index is 12.3. The Morgan fingerprint density at radius 2 is 2.08 bits per heavy atom. The van der Waals surface area contributed by atoms with Crippen LogP contribution in [0, 0.1) is 0 Å². The maximum Gasteiger partial charge on any atom is 0.233 e. The quantitative estimate of drug-likeness (QED) is 0.635. The topological polar surface area (TPSA) is 46.9 Å². The lowest BCUT2D eigenvalue weighted by Crippen LogP contribution is -2.32. The smallest absolute Gasteiger partial charge is 0.233 e. The first-order valence-electron chi connectivity index (χ1n) is 8.77. The van der Waals surface area contributed by atoms with Gasteiger partial charge in [-0.1, -0.05) is 53.7 Å². The first kappa shape index (κ1) is 17.4. The summed E-state index contributed by atoms with van der Waals surface area (Å²) in [6, 6.07) is 16.4. The van der Waals surface area contributed by atoms with Gasteiger partial charge in [0.2, 0.25) is 5.91 Å². The van der Waals surface area contributed by atoms with Crippen molar-refractivity contribution in [1.29, 1.82) is 0 Å². The number of benzene rings is 2. The van der Waals surface area contributed by atoms with E-state index in [1.54, 1.807) is 0 Å². The molecule has 1 aliphatic rings. The third-order valence-corrected chi connectivity index (χ3v) is 5.76. The number of rotatable bonds is 6. The average Bonchev–Trinajstić information content (AvgIpc) is 3.38. The van der Waals surface area contributed by atoms with Gasteiger partial charge in [0.1, 0.15) is 0 Å². The van der Waals surface area contributed by atoms with Crippen LogP contribution in [-0.2, 0) is 11.3 Å². The fourth-order valence-corrected chi connectivity index (χ4v) is 3.95. The summed E-state index contributed by atoms with van der Waals surface area (Å²) < 4.78 is 2.16. The summed E-state index contributed by atoms with van der Waals surface area (Å²) in [6.45, 7) is 2.64. The van der Waals surface area contributed by atoms with Crippen molar-refractivity contribution in [2.45, 2.75) is 42.8 Å². The van der Waals surface area contributed by atoms with Gasteiger partial charge in [-0.25, -0.2) is 4.98 Å². The molecule has 1 aliphatic carbocycles. The molecule has 0 spiro atoms. The van der Waals surface area contributed by atoms with Crippen molar-refractivity contribution in [3.63, 3.8) is 0 Å². The number of hydrogen-bond donors (Lipinski definition) is 1. The van der Waals surface area contributed by atoms with Gasteiger partial charge in [-0.2, -0.15) is 0 Å². The number of hydrogen-bond acceptors (Lipinski definition) is 3. The van der Waals surface area contributed by atoms with Crippen molar-refractivity contribution in [3.8, 4) is 0 Å². The van der Waals surface area contributed by atoms with Gasteiger partial charge in [-0.3, -0.25) is 4.79 Å². The van der Waals surface area contributed by atoms with E-state index >= 15 is 0 Å². The Hall–Kier alpha value is -1.98. The van der Waals surface area contributed by atoms with E-state index in [0.717, 1.165) is 29.0 Å². The molecule has 0 radical (unpaired) electrons. The van der Waals surface area contributed by atoms with Gasteiger partial charge in [-0.15, -0.1) is 0 Å². The number of carbonyl (C=O) groups is 1. The molecule has 6 heteroatoms. The molecule has 1 N–H and O–H groups in total. The Labute approximate surface area is 161 Å². The van der Waals surface area contributed by atoms with Crippen LogP contribution in [0.15, 0.2) is 53.7 Å². The van der Waals surface area contributed by atoms with E-state index < -0.39 is 0 Å². The van der Waals surface area contributed by atoms with Gasteiger partial charge >= 0.3 is 0 Å². The van der Waals surface area contributed by atoms with Gasteiger partial charge in [-0.05, 0) is 43.5 Å². The van der Waals surface area contributed by atoms with Crippen LogP contribution < -0.4 is 5.32 Å². The lowest BCUT2D eigenvalue weighted by molar-refractivity contribution is -0.120. The molecule has 1 aromatic heterocycles. The predicted molar refractivity (Wildman–Crippen MR) is 107 cm³/mol. The number of thioether (sulfide) groups is 1.